The van der Waals surface area contributed by atoms with Gasteiger partial charge in [-0.15, -0.1) is 11.3 Å². The Balaban J connectivity index is 2.23. The van der Waals surface area contributed by atoms with Crippen molar-refractivity contribution in [1.82, 2.24) is 9.97 Å². The van der Waals surface area contributed by atoms with E-state index in [0.29, 0.717) is 6.61 Å². The van der Waals surface area contributed by atoms with Crippen molar-refractivity contribution in [1.29, 1.82) is 0 Å². The Morgan fingerprint density at radius 3 is 2.94 bits per heavy atom. The van der Waals surface area contributed by atoms with Crippen molar-refractivity contribution in [3.05, 3.63) is 40.6 Å². The first kappa shape index (κ1) is 11.0. The van der Waals surface area contributed by atoms with Crippen LogP contribution in [0.3, 0.4) is 0 Å². The molecule has 84 valence electrons. The molecule has 5 heteroatoms. The molecule has 2 heterocycles. The Morgan fingerprint density at radius 2 is 2.25 bits per heavy atom. The lowest BCUT2D eigenvalue weighted by Gasteiger charge is -2.10. The Morgan fingerprint density at radius 1 is 1.38 bits per heavy atom. The third-order valence-electron chi connectivity index (χ3n) is 2.16. The van der Waals surface area contributed by atoms with E-state index in [9.17, 15) is 0 Å². The molecular formula is C11H13N3OS. The molecule has 1 atom stereocenters. The fourth-order valence-corrected chi connectivity index (χ4v) is 2.04. The lowest BCUT2D eigenvalue weighted by atomic mass is 10.1. The SMILES string of the molecule is CCOc1cncc(C(N)c2cncs2)c1. The normalized spacial score (nSPS) is 12.4. The summed E-state index contributed by atoms with van der Waals surface area (Å²) in [6.45, 7) is 2.57. The molecule has 0 aromatic carbocycles. The standard InChI is InChI=1S/C11H13N3OS/c1-2-15-9-3-8(4-13-5-9)11(12)10-6-14-7-16-10/h3-7,11H,2,12H2,1H3. The molecule has 0 aliphatic carbocycles. The van der Waals surface area contributed by atoms with Crippen LogP contribution in [0.25, 0.3) is 0 Å². The highest BCUT2D eigenvalue weighted by Crippen LogP contribution is 2.24. The minimum atomic E-state index is -0.180. The molecule has 0 radical (unpaired) electrons. The minimum absolute atomic E-state index is 0.180. The van der Waals surface area contributed by atoms with Gasteiger partial charge in [0.1, 0.15) is 5.75 Å². The van der Waals surface area contributed by atoms with Crippen LogP contribution in [0.5, 0.6) is 5.75 Å². The smallest absolute Gasteiger partial charge is 0.137 e. The van der Waals surface area contributed by atoms with Crippen molar-refractivity contribution in [2.75, 3.05) is 6.61 Å². The van der Waals surface area contributed by atoms with E-state index in [-0.39, 0.29) is 6.04 Å². The highest BCUT2D eigenvalue weighted by molar-refractivity contribution is 7.09. The molecular weight excluding hydrogens is 222 g/mol. The van der Waals surface area contributed by atoms with Gasteiger partial charge in [0, 0.05) is 17.3 Å². The second kappa shape index (κ2) is 5.05. The molecule has 0 saturated carbocycles. The largest absolute Gasteiger partial charge is 0.492 e. The average Bonchev–Trinajstić information content (AvgIpc) is 2.82. The molecule has 0 aliphatic rings. The first-order valence-electron chi connectivity index (χ1n) is 5.03. The fourth-order valence-electron chi connectivity index (χ4n) is 1.39. The lowest BCUT2D eigenvalue weighted by Crippen LogP contribution is -2.10. The third kappa shape index (κ3) is 2.37. The number of hydrogen-bond acceptors (Lipinski definition) is 5. The van der Waals surface area contributed by atoms with Crippen LogP contribution in [0, 0.1) is 0 Å². The summed E-state index contributed by atoms with van der Waals surface area (Å²) in [5, 5.41) is 0. The van der Waals surface area contributed by atoms with Crippen LogP contribution in [0.4, 0.5) is 0 Å². The van der Waals surface area contributed by atoms with E-state index in [1.54, 1.807) is 35.4 Å². The van der Waals surface area contributed by atoms with Gasteiger partial charge in [0.2, 0.25) is 0 Å². The molecule has 0 aliphatic heterocycles. The highest BCUT2D eigenvalue weighted by atomic mass is 32.1. The second-order valence-electron chi connectivity index (χ2n) is 3.27. The monoisotopic (exact) mass is 235 g/mol. The van der Waals surface area contributed by atoms with Crippen LogP contribution in [-0.2, 0) is 0 Å². The summed E-state index contributed by atoms with van der Waals surface area (Å²) in [6, 6.07) is 1.74. The van der Waals surface area contributed by atoms with E-state index in [0.717, 1.165) is 16.2 Å². The Labute approximate surface area is 98.1 Å². The van der Waals surface area contributed by atoms with Crippen LogP contribution in [0.15, 0.2) is 30.2 Å². The number of nitrogens with two attached hydrogens (primary N) is 1. The number of rotatable bonds is 4. The molecule has 0 fully saturated rings. The molecule has 0 amide bonds. The van der Waals surface area contributed by atoms with Gasteiger partial charge in [0.25, 0.3) is 0 Å². The van der Waals surface area contributed by atoms with Gasteiger partial charge in [-0.25, -0.2) is 0 Å². The van der Waals surface area contributed by atoms with Crippen molar-refractivity contribution < 1.29 is 4.74 Å². The fraction of sp³-hybridized carbons (Fsp3) is 0.273. The maximum atomic E-state index is 6.10. The van der Waals surface area contributed by atoms with Gasteiger partial charge in [-0.05, 0) is 18.6 Å². The lowest BCUT2D eigenvalue weighted by molar-refractivity contribution is 0.338. The van der Waals surface area contributed by atoms with Gasteiger partial charge in [0.15, 0.2) is 0 Å². The zero-order chi connectivity index (χ0) is 11.4. The Hall–Kier alpha value is -1.46. The molecule has 0 bridgehead atoms. The van der Waals surface area contributed by atoms with E-state index in [2.05, 4.69) is 9.97 Å². The number of pyridine rings is 1. The first-order valence-corrected chi connectivity index (χ1v) is 5.91. The number of hydrogen-bond donors (Lipinski definition) is 1. The topological polar surface area (TPSA) is 61.0 Å². The van der Waals surface area contributed by atoms with Gasteiger partial charge < -0.3 is 10.5 Å². The average molecular weight is 235 g/mol. The molecule has 16 heavy (non-hydrogen) atoms. The van der Waals surface area contributed by atoms with Crippen molar-refractivity contribution >= 4 is 11.3 Å². The minimum Gasteiger partial charge on any atom is -0.492 e. The Kier molecular flexibility index (Phi) is 3.48. The zero-order valence-corrected chi connectivity index (χ0v) is 9.78. The van der Waals surface area contributed by atoms with Crippen LogP contribution < -0.4 is 10.5 Å². The Bertz CT molecular complexity index is 444. The van der Waals surface area contributed by atoms with Crippen molar-refractivity contribution in [2.24, 2.45) is 5.73 Å². The molecule has 2 aromatic heterocycles. The molecule has 2 aromatic rings. The molecule has 2 rings (SSSR count). The van der Waals surface area contributed by atoms with Crippen molar-refractivity contribution in [2.45, 2.75) is 13.0 Å². The molecule has 4 nitrogen and oxygen atoms in total. The molecule has 0 spiro atoms. The van der Waals surface area contributed by atoms with Crippen LogP contribution in [0.1, 0.15) is 23.4 Å². The van der Waals surface area contributed by atoms with Crippen molar-refractivity contribution in [3.8, 4) is 5.75 Å². The van der Waals surface area contributed by atoms with E-state index in [1.165, 1.54) is 0 Å². The molecule has 2 N–H and O–H groups in total. The third-order valence-corrected chi connectivity index (χ3v) is 3.02. The van der Waals surface area contributed by atoms with E-state index >= 15 is 0 Å². The molecule has 0 saturated heterocycles. The molecule has 1 unspecified atom stereocenters. The number of nitrogens with zero attached hydrogens (tertiary/aromatic N) is 2. The van der Waals surface area contributed by atoms with Gasteiger partial charge in [-0.1, -0.05) is 0 Å². The summed E-state index contributed by atoms with van der Waals surface area (Å²) < 4.78 is 5.38. The number of aromatic nitrogens is 2. The van der Waals surface area contributed by atoms with Crippen LogP contribution in [0.2, 0.25) is 0 Å². The predicted octanol–water partition coefficient (Wildman–Crippen LogP) is 1.98. The summed E-state index contributed by atoms with van der Waals surface area (Å²) in [4.78, 5) is 9.15. The second-order valence-corrected chi connectivity index (χ2v) is 4.19. The summed E-state index contributed by atoms with van der Waals surface area (Å²) in [6.07, 6.45) is 5.22. The summed E-state index contributed by atoms with van der Waals surface area (Å²) >= 11 is 1.54. The summed E-state index contributed by atoms with van der Waals surface area (Å²) in [7, 11) is 0. The van der Waals surface area contributed by atoms with E-state index in [1.807, 2.05) is 13.0 Å². The van der Waals surface area contributed by atoms with Gasteiger partial charge in [-0.3, -0.25) is 9.97 Å². The van der Waals surface area contributed by atoms with Gasteiger partial charge in [-0.2, -0.15) is 0 Å². The first-order chi connectivity index (χ1) is 7.81. The van der Waals surface area contributed by atoms with E-state index in [4.69, 9.17) is 10.5 Å². The van der Waals surface area contributed by atoms with Crippen LogP contribution >= 0.6 is 11.3 Å². The zero-order valence-electron chi connectivity index (χ0n) is 8.96. The summed E-state index contributed by atoms with van der Waals surface area (Å²) in [5.41, 5.74) is 8.81. The maximum Gasteiger partial charge on any atom is 0.137 e. The maximum absolute atomic E-state index is 6.10. The quantitative estimate of drug-likeness (QED) is 0.880. The van der Waals surface area contributed by atoms with Crippen molar-refractivity contribution in [3.63, 3.8) is 0 Å². The number of thiazole rings is 1. The highest BCUT2D eigenvalue weighted by Gasteiger charge is 2.11. The predicted molar refractivity (Wildman–Crippen MR) is 63.6 cm³/mol. The van der Waals surface area contributed by atoms with Crippen LogP contribution in [-0.4, -0.2) is 16.6 Å². The van der Waals surface area contributed by atoms with Gasteiger partial charge >= 0.3 is 0 Å². The van der Waals surface area contributed by atoms with Gasteiger partial charge in [0.05, 0.1) is 24.4 Å². The summed E-state index contributed by atoms with van der Waals surface area (Å²) in [5.74, 6) is 0.750. The van der Waals surface area contributed by atoms with E-state index < -0.39 is 0 Å². The number of ether oxygens (including phenoxy) is 1.